The molecule has 1 aliphatic rings. The number of sulfonamides is 1. The van der Waals surface area contributed by atoms with E-state index in [1.54, 1.807) is 43.3 Å². The van der Waals surface area contributed by atoms with Crippen molar-refractivity contribution in [3.05, 3.63) is 58.1 Å². The van der Waals surface area contributed by atoms with E-state index in [2.05, 4.69) is 0 Å². The smallest absolute Gasteiger partial charge is 0.234 e. The summed E-state index contributed by atoms with van der Waals surface area (Å²) >= 11 is 5.98. The highest BCUT2D eigenvalue weighted by Gasteiger charge is 2.28. The average molecular weight is 394 g/mol. The van der Waals surface area contributed by atoms with E-state index < -0.39 is 10.0 Å². The van der Waals surface area contributed by atoms with Gasteiger partial charge in [-0.25, -0.2) is 8.42 Å². The molecular formula is C19H20ClNO4S. The van der Waals surface area contributed by atoms with Gasteiger partial charge in [0.25, 0.3) is 0 Å². The normalized spacial score (nSPS) is 13.6. The molecule has 2 aromatic carbocycles. The van der Waals surface area contributed by atoms with Crippen molar-refractivity contribution in [1.29, 1.82) is 0 Å². The van der Waals surface area contributed by atoms with Crippen LogP contribution in [0.4, 0.5) is 5.69 Å². The molecule has 5 nitrogen and oxygen atoms in total. The first-order chi connectivity index (χ1) is 12.3. The summed E-state index contributed by atoms with van der Waals surface area (Å²) in [5, 5.41) is 0.647. The maximum Gasteiger partial charge on any atom is 0.234 e. The minimum atomic E-state index is -3.29. The molecule has 0 saturated heterocycles. The number of benzene rings is 2. The molecule has 0 aromatic heterocycles. The predicted octanol–water partition coefficient (Wildman–Crippen LogP) is 3.62. The van der Waals surface area contributed by atoms with Gasteiger partial charge in [-0.05, 0) is 67.8 Å². The summed E-state index contributed by atoms with van der Waals surface area (Å²) in [6, 6.07) is 10.4. The third kappa shape index (κ3) is 3.71. The molecule has 0 spiro atoms. The molecule has 2 aromatic rings. The Bertz CT molecular complexity index is 956. The summed E-state index contributed by atoms with van der Waals surface area (Å²) in [6.45, 7) is 3.83. The molecule has 0 aliphatic carbocycles. The minimum Gasteiger partial charge on any atom is -0.485 e. The Kier molecular flexibility index (Phi) is 5.25. The lowest BCUT2D eigenvalue weighted by Crippen LogP contribution is -2.30. The highest BCUT2D eigenvalue weighted by Crippen LogP contribution is 2.31. The summed E-state index contributed by atoms with van der Waals surface area (Å²) in [5.41, 5.74) is 2.93. The number of hydrogen-bond acceptors (Lipinski definition) is 4. The minimum absolute atomic E-state index is 0.0570. The SMILES string of the molecule is CCS(=O)(=O)N1CCc2cc(C(=O)COc3ccc(Cl)c(C)c3)ccc21. The molecule has 138 valence electrons. The second kappa shape index (κ2) is 7.29. The number of halogens is 1. The van der Waals surface area contributed by atoms with Crippen LogP contribution in [0, 0.1) is 6.92 Å². The highest BCUT2D eigenvalue weighted by atomic mass is 35.5. The summed E-state index contributed by atoms with van der Waals surface area (Å²) in [7, 11) is -3.29. The van der Waals surface area contributed by atoms with E-state index in [0.717, 1.165) is 11.1 Å². The number of carbonyl (C=O) groups excluding carboxylic acids is 1. The summed E-state index contributed by atoms with van der Waals surface area (Å²) in [5.74, 6) is 0.486. The van der Waals surface area contributed by atoms with Gasteiger partial charge < -0.3 is 4.74 Å². The van der Waals surface area contributed by atoms with Crippen LogP contribution in [0.5, 0.6) is 5.75 Å². The zero-order chi connectivity index (χ0) is 18.9. The van der Waals surface area contributed by atoms with Crippen molar-refractivity contribution in [3.8, 4) is 5.75 Å². The molecule has 0 radical (unpaired) electrons. The van der Waals surface area contributed by atoms with Gasteiger partial charge >= 0.3 is 0 Å². The van der Waals surface area contributed by atoms with Gasteiger partial charge in [0.05, 0.1) is 11.4 Å². The molecule has 7 heteroatoms. The second-order valence-electron chi connectivity index (χ2n) is 6.19. The number of anilines is 1. The van der Waals surface area contributed by atoms with Crippen molar-refractivity contribution in [2.75, 3.05) is 23.2 Å². The fourth-order valence-electron chi connectivity index (χ4n) is 2.93. The third-order valence-corrected chi connectivity index (χ3v) is 6.66. The van der Waals surface area contributed by atoms with Crippen LogP contribution in [0.15, 0.2) is 36.4 Å². The fourth-order valence-corrected chi connectivity index (χ4v) is 4.21. The topological polar surface area (TPSA) is 63.7 Å². The van der Waals surface area contributed by atoms with E-state index >= 15 is 0 Å². The number of hydrogen-bond donors (Lipinski definition) is 0. The molecule has 0 bridgehead atoms. The molecule has 1 heterocycles. The van der Waals surface area contributed by atoms with Crippen molar-refractivity contribution < 1.29 is 17.9 Å². The molecule has 26 heavy (non-hydrogen) atoms. The Labute approximate surface area is 158 Å². The van der Waals surface area contributed by atoms with Gasteiger partial charge in [-0.3, -0.25) is 9.10 Å². The van der Waals surface area contributed by atoms with Crippen LogP contribution < -0.4 is 9.04 Å². The number of carbonyl (C=O) groups is 1. The lowest BCUT2D eigenvalue weighted by molar-refractivity contribution is 0.0921. The Balaban J connectivity index is 1.72. The summed E-state index contributed by atoms with van der Waals surface area (Å²) < 4.78 is 31.2. The van der Waals surface area contributed by atoms with E-state index in [4.69, 9.17) is 16.3 Å². The number of nitrogens with zero attached hydrogens (tertiary/aromatic N) is 1. The Morgan fingerprint density at radius 2 is 2.00 bits per heavy atom. The molecule has 3 rings (SSSR count). The van der Waals surface area contributed by atoms with Crippen LogP contribution in [0.2, 0.25) is 5.02 Å². The number of ether oxygens (including phenoxy) is 1. The summed E-state index contributed by atoms with van der Waals surface area (Å²) in [4.78, 5) is 12.4. The number of fused-ring (bicyclic) bond motifs is 1. The summed E-state index contributed by atoms with van der Waals surface area (Å²) in [6.07, 6.45) is 0.604. The third-order valence-electron chi connectivity index (χ3n) is 4.45. The standard InChI is InChI=1S/C19H20ClNO4S/c1-3-26(23,24)21-9-8-14-11-15(4-7-18(14)21)19(22)12-25-16-5-6-17(20)13(2)10-16/h4-7,10-11H,3,8-9,12H2,1-2H3. The largest absolute Gasteiger partial charge is 0.485 e. The zero-order valence-electron chi connectivity index (χ0n) is 14.7. The van der Waals surface area contributed by atoms with Crippen molar-refractivity contribution >= 4 is 33.1 Å². The van der Waals surface area contributed by atoms with Gasteiger partial charge in [0.2, 0.25) is 10.0 Å². The van der Waals surface area contributed by atoms with Crippen LogP contribution >= 0.6 is 11.6 Å². The van der Waals surface area contributed by atoms with Crippen LogP contribution in [0.25, 0.3) is 0 Å². The first kappa shape index (κ1) is 18.7. The molecule has 0 fully saturated rings. The molecule has 0 N–H and O–H groups in total. The Morgan fingerprint density at radius 3 is 2.69 bits per heavy atom. The highest BCUT2D eigenvalue weighted by molar-refractivity contribution is 7.92. The van der Waals surface area contributed by atoms with E-state index in [9.17, 15) is 13.2 Å². The van der Waals surface area contributed by atoms with E-state index in [1.165, 1.54) is 4.31 Å². The molecular weight excluding hydrogens is 374 g/mol. The fraction of sp³-hybridized carbons (Fsp3) is 0.316. The van der Waals surface area contributed by atoms with Crippen LogP contribution in [0.1, 0.15) is 28.4 Å². The first-order valence-corrected chi connectivity index (χ1v) is 10.4. The van der Waals surface area contributed by atoms with Crippen LogP contribution in [-0.2, 0) is 16.4 Å². The van der Waals surface area contributed by atoms with E-state index in [1.807, 2.05) is 6.92 Å². The predicted molar refractivity (Wildman–Crippen MR) is 103 cm³/mol. The van der Waals surface area contributed by atoms with Crippen molar-refractivity contribution in [1.82, 2.24) is 0 Å². The molecule has 0 atom stereocenters. The second-order valence-corrected chi connectivity index (χ2v) is 8.78. The quantitative estimate of drug-likeness (QED) is 0.703. The lowest BCUT2D eigenvalue weighted by atomic mass is 10.1. The zero-order valence-corrected chi connectivity index (χ0v) is 16.2. The maximum absolute atomic E-state index is 12.4. The van der Waals surface area contributed by atoms with Crippen molar-refractivity contribution in [2.45, 2.75) is 20.3 Å². The van der Waals surface area contributed by atoms with Gasteiger partial charge in [-0.2, -0.15) is 0 Å². The molecule has 0 amide bonds. The van der Waals surface area contributed by atoms with E-state index in [0.29, 0.717) is 35.0 Å². The Hall–Kier alpha value is -2.05. The first-order valence-electron chi connectivity index (χ1n) is 8.37. The van der Waals surface area contributed by atoms with Gasteiger partial charge in [-0.1, -0.05) is 11.6 Å². The van der Waals surface area contributed by atoms with Gasteiger partial charge in [0.1, 0.15) is 5.75 Å². The number of Topliss-reactive ketones (excluding diaryl/α,β-unsaturated/α-hetero) is 1. The van der Waals surface area contributed by atoms with Crippen LogP contribution in [-0.4, -0.2) is 33.1 Å². The molecule has 0 saturated carbocycles. The van der Waals surface area contributed by atoms with Gasteiger partial charge in [0, 0.05) is 17.1 Å². The molecule has 1 aliphatic heterocycles. The van der Waals surface area contributed by atoms with Gasteiger partial charge in [-0.15, -0.1) is 0 Å². The van der Waals surface area contributed by atoms with Crippen molar-refractivity contribution in [2.24, 2.45) is 0 Å². The number of aryl methyl sites for hydroxylation is 1. The van der Waals surface area contributed by atoms with E-state index in [-0.39, 0.29) is 18.1 Å². The van der Waals surface area contributed by atoms with Crippen LogP contribution in [0.3, 0.4) is 0 Å². The Morgan fingerprint density at radius 1 is 1.23 bits per heavy atom. The maximum atomic E-state index is 12.4. The molecule has 0 unspecified atom stereocenters. The number of ketones is 1. The lowest BCUT2D eigenvalue weighted by Gasteiger charge is -2.18. The van der Waals surface area contributed by atoms with Gasteiger partial charge in [0.15, 0.2) is 12.4 Å². The average Bonchev–Trinajstić information content (AvgIpc) is 3.06. The van der Waals surface area contributed by atoms with Crippen molar-refractivity contribution in [3.63, 3.8) is 0 Å². The monoisotopic (exact) mass is 393 g/mol. The number of rotatable bonds is 6.